The topological polar surface area (TPSA) is 55.7 Å². The molecule has 0 aromatic heterocycles. The Bertz CT molecular complexity index is 911. The van der Waals surface area contributed by atoms with Crippen LogP contribution in [0.5, 0.6) is 0 Å². The fourth-order valence-electron chi connectivity index (χ4n) is 3.49. The Kier molecular flexibility index (Phi) is 7.29. The third-order valence-corrected chi connectivity index (χ3v) is 5.91. The average molecular weight is 409 g/mol. The zero-order valence-electron chi connectivity index (χ0n) is 17.4. The molecule has 2 aromatic rings. The number of hydrogen-bond donors (Lipinski definition) is 0. The molecule has 0 bridgehead atoms. The highest BCUT2D eigenvalue weighted by Gasteiger charge is 2.18. The van der Waals surface area contributed by atoms with Gasteiger partial charge in [0.1, 0.15) is 6.26 Å². The molecule has 0 saturated carbocycles. The van der Waals surface area contributed by atoms with E-state index >= 15 is 0 Å². The monoisotopic (exact) mass is 408 g/mol. The van der Waals surface area contributed by atoms with E-state index in [0.29, 0.717) is 6.42 Å². The number of nitrogens with zero attached hydrogens (tertiary/aromatic N) is 2. The molecule has 29 heavy (non-hydrogen) atoms. The summed E-state index contributed by atoms with van der Waals surface area (Å²) in [5.41, 5.74) is 4.72. The maximum absolute atomic E-state index is 13.0. The highest BCUT2D eigenvalue weighted by Crippen LogP contribution is 2.31. The summed E-state index contributed by atoms with van der Waals surface area (Å²) in [5, 5.41) is 0. The molecule has 1 amide bonds. The second-order valence-corrected chi connectivity index (χ2v) is 8.61. The Hall–Kier alpha value is -2.37. The first-order valence-electron chi connectivity index (χ1n) is 10.1. The molecule has 3 rings (SSSR count). The van der Waals surface area contributed by atoms with Gasteiger partial charge in [-0.25, -0.2) is 0 Å². The van der Waals surface area contributed by atoms with Crippen LogP contribution in [0, 0.1) is 0 Å². The molecule has 1 aliphatic rings. The maximum Gasteiger partial charge on any atom is 0.250 e. The van der Waals surface area contributed by atoms with Crippen molar-refractivity contribution in [3.8, 4) is 11.1 Å². The van der Waals surface area contributed by atoms with Crippen molar-refractivity contribution < 1.29 is 9.35 Å². The van der Waals surface area contributed by atoms with Crippen LogP contribution in [0.15, 0.2) is 57.9 Å². The van der Waals surface area contributed by atoms with Crippen LogP contribution in [0.4, 0.5) is 5.69 Å². The number of rotatable bonds is 7. The fourth-order valence-corrected chi connectivity index (χ4v) is 4.01. The number of amides is 1. The first-order valence-corrected chi connectivity index (χ1v) is 11.7. The molecule has 0 fully saturated rings. The van der Waals surface area contributed by atoms with Crippen molar-refractivity contribution in [2.45, 2.75) is 38.0 Å². The van der Waals surface area contributed by atoms with Gasteiger partial charge in [-0.15, -0.1) is 0 Å². The van der Waals surface area contributed by atoms with Gasteiger partial charge in [0.2, 0.25) is 5.91 Å². The van der Waals surface area contributed by atoms with Gasteiger partial charge in [0.05, 0.1) is 5.69 Å². The standard InChI is InChI=1S/C24H28N2O2S/c1-4-14-26(15-5-2)24(27)21-12-13-25-23-17-19(6-7-20(23)16-21)18-8-10-22(11-9-18)29(3)28/h6-11,13,16-17H,4-5,12,14-15H2,1-3H3. The van der Waals surface area contributed by atoms with Gasteiger partial charge in [-0.05, 0) is 71.6 Å². The van der Waals surface area contributed by atoms with E-state index in [9.17, 15) is 9.35 Å². The number of hydrogen-bond acceptors (Lipinski definition) is 3. The Labute approximate surface area is 176 Å². The first kappa shape index (κ1) is 21.3. The second kappa shape index (κ2) is 9.90. The molecule has 0 saturated heterocycles. The minimum atomic E-state index is -0.981. The number of fused-ring (bicyclic) bond motifs is 1. The predicted octanol–water partition coefficient (Wildman–Crippen LogP) is 5.23. The fraction of sp³-hybridized carbons (Fsp3) is 0.333. The third-order valence-electron chi connectivity index (χ3n) is 4.97. The Balaban J connectivity index is 1.88. The van der Waals surface area contributed by atoms with E-state index in [-0.39, 0.29) is 5.91 Å². The number of benzene rings is 2. The van der Waals surface area contributed by atoms with Gasteiger partial charge in [-0.3, -0.25) is 9.79 Å². The van der Waals surface area contributed by atoms with Crippen molar-refractivity contribution in [3.63, 3.8) is 0 Å². The normalized spacial score (nSPS) is 14.0. The van der Waals surface area contributed by atoms with Gasteiger partial charge in [-0.1, -0.05) is 26.0 Å². The molecule has 2 aromatic carbocycles. The predicted molar refractivity (Wildman–Crippen MR) is 122 cm³/mol. The lowest BCUT2D eigenvalue weighted by Crippen LogP contribution is -2.33. The van der Waals surface area contributed by atoms with Gasteiger partial charge in [-0.2, -0.15) is 0 Å². The molecule has 0 aliphatic carbocycles. The van der Waals surface area contributed by atoms with Gasteiger partial charge in [0.15, 0.2) is 4.90 Å². The Morgan fingerprint density at radius 3 is 2.34 bits per heavy atom. The van der Waals surface area contributed by atoms with Crippen LogP contribution in [0.3, 0.4) is 0 Å². The minimum Gasteiger partial charge on any atom is -0.612 e. The van der Waals surface area contributed by atoms with Crippen LogP contribution >= 0.6 is 0 Å². The molecule has 4 nitrogen and oxygen atoms in total. The summed E-state index contributed by atoms with van der Waals surface area (Å²) in [6, 6.07) is 13.9. The first-order chi connectivity index (χ1) is 14.0. The van der Waals surface area contributed by atoms with E-state index in [1.165, 1.54) is 0 Å². The maximum atomic E-state index is 13.0. The lowest BCUT2D eigenvalue weighted by Gasteiger charge is -2.22. The molecule has 1 unspecified atom stereocenters. The number of aliphatic imine (C=N–C) groups is 1. The molecular formula is C24H28N2O2S. The molecule has 5 heteroatoms. The number of carbonyl (C=O) groups excluding carboxylic acids is 1. The SMILES string of the molecule is CCCN(CCC)C(=O)C1=Cc2ccc(-c3ccc([S+](C)[O-])cc3)cc2N=CC1. The average Bonchev–Trinajstić information content (AvgIpc) is 2.95. The van der Waals surface area contributed by atoms with Crippen LogP contribution in [-0.4, -0.2) is 40.9 Å². The lowest BCUT2D eigenvalue weighted by molar-refractivity contribution is -0.127. The zero-order valence-corrected chi connectivity index (χ0v) is 18.2. The summed E-state index contributed by atoms with van der Waals surface area (Å²) in [6.07, 6.45) is 7.95. The summed E-state index contributed by atoms with van der Waals surface area (Å²) in [5.74, 6) is 0.111. The van der Waals surface area contributed by atoms with E-state index in [4.69, 9.17) is 0 Å². The highest BCUT2D eigenvalue weighted by atomic mass is 32.2. The van der Waals surface area contributed by atoms with Crippen LogP contribution in [0.1, 0.15) is 38.7 Å². The van der Waals surface area contributed by atoms with E-state index in [0.717, 1.165) is 58.8 Å². The van der Waals surface area contributed by atoms with Gasteiger partial charge < -0.3 is 9.45 Å². The molecular weight excluding hydrogens is 380 g/mol. The van der Waals surface area contributed by atoms with E-state index in [1.807, 2.05) is 59.7 Å². The minimum absolute atomic E-state index is 0.111. The van der Waals surface area contributed by atoms with Crippen LogP contribution in [-0.2, 0) is 16.0 Å². The van der Waals surface area contributed by atoms with Gasteiger partial charge >= 0.3 is 0 Å². The van der Waals surface area contributed by atoms with E-state index in [2.05, 4.69) is 18.8 Å². The summed E-state index contributed by atoms with van der Waals surface area (Å²) in [7, 11) is 0. The molecule has 1 atom stereocenters. The van der Waals surface area contributed by atoms with Crippen molar-refractivity contribution in [1.82, 2.24) is 4.90 Å². The Morgan fingerprint density at radius 2 is 1.72 bits per heavy atom. The van der Waals surface area contributed by atoms with Crippen molar-refractivity contribution in [3.05, 3.63) is 53.6 Å². The smallest absolute Gasteiger partial charge is 0.250 e. The van der Waals surface area contributed by atoms with Crippen molar-refractivity contribution >= 4 is 35.1 Å². The molecule has 1 aliphatic heterocycles. The van der Waals surface area contributed by atoms with Crippen molar-refractivity contribution in [1.29, 1.82) is 0 Å². The summed E-state index contributed by atoms with van der Waals surface area (Å²) >= 11 is -0.981. The molecule has 152 valence electrons. The highest BCUT2D eigenvalue weighted by molar-refractivity contribution is 7.90. The molecule has 1 heterocycles. The van der Waals surface area contributed by atoms with Crippen LogP contribution in [0.2, 0.25) is 0 Å². The summed E-state index contributed by atoms with van der Waals surface area (Å²) in [6.45, 7) is 5.76. The second-order valence-electron chi connectivity index (χ2n) is 7.23. The van der Waals surface area contributed by atoms with E-state index < -0.39 is 11.2 Å². The largest absolute Gasteiger partial charge is 0.612 e. The van der Waals surface area contributed by atoms with Gasteiger partial charge in [0.25, 0.3) is 0 Å². The quantitative estimate of drug-likeness (QED) is 0.589. The zero-order chi connectivity index (χ0) is 20.8. The summed E-state index contributed by atoms with van der Waals surface area (Å²) < 4.78 is 11.6. The molecule has 0 spiro atoms. The van der Waals surface area contributed by atoms with E-state index in [1.54, 1.807) is 6.26 Å². The van der Waals surface area contributed by atoms with Crippen LogP contribution < -0.4 is 0 Å². The summed E-state index contributed by atoms with van der Waals surface area (Å²) in [4.78, 5) is 20.4. The molecule has 0 radical (unpaired) electrons. The lowest BCUT2D eigenvalue weighted by atomic mass is 10.0. The van der Waals surface area contributed by atoms with Crippen molar-refractivity contribution in [2.75, 3.05) is 19.3 Å². The van der Waals surface area contributed by atoms with Crippen LogP contribution in [0.25, 0.3) is 17.2 Å². The van der Waals surface area contributed by atoms with Crippen molar-refractivity contribution in [2.24, 2.45) is 4.99 Å². The number of carbonyl (C=O) groups is 1. The Morgan fingerprint density at radius 1 is 1.07 bits per heavy atom. The molecule has 0 N–H and O–H groups in total. The van der Waals surface area contributed by atoms with Gasteiger partial charge in [0, 0.05) is 36.9 Å². The third kappa shape index (κ3) is 5.17.